The molecule has 0 N–H and O–H groups in total. The van der Waals surface area contributed by atoms with Crippen molar-refractivity contribution in [1.29, 1.82) is 0 Å². The van der Waals surface area contributed by atoms with Crippen LogP contribution in [-0.2, 0) is 14.3 Å². The molecule has 1 atom stereocenters. The summed E-state index contributed by atoms with van der Waals surface area (Å²) < 4.78 is 11.0. The molecule has 1 unspecified atom stereocenters. The van der Waals surface area contributed by atoms with Crippen molar-refractivity contribution in [2.24, 2.45) is 17.3 Å². The van der Waals surface area contributed by atoms with Gasteiger partial charge in [-0.25, -0.2) is 4.79 Å². The molecule has 19 heavy (non-hydrogen) atoms. The van der Waals surface area contributed by atoms with Gasteiger partial charge >= 0.3 is 5.97 Å². The van der Waals surface area contributed by atoms with E-state index in [9.17, 15) is 4.79 Å². The van der Waals surface area contributed by atoms with E-state index < -0.39 is 5.60 Å². The quantitative estimate of drug-likeness (QED) is 0.568. The highest BCUT2D eigenvalue weighted by Crippen LogP contribution is 2.62. The van der Waals surface area contributed by atoms with Crippen LogP contribution in [0.5, 0.6) is 0 Å². The molecule has 2 fully saturated rings. The van der Waals surface area contributed by atoms with E-state index in [1.807, 2.05) is 0 Å². The van der Waals surface area contributed by atoms with E-state index in [-0.39, 0.29) is 17.5 Å². The first-order valence-electron chi connectivity index (χ1n) is 7.48. The van der Waals surface area contributed by atoms with Crippen LogP contribution in [0.1, 0.15) is 60.3 Å². The number of epoxide rings is 1. The molecule has 1 aliphatic carbocycles. The molecule has 0 bridgehead atoms. The summed E-state index contributed by atoms with van der Waals surface area (Å²) in [6.07, 6.45) is 4.27. The van der Waals surface area contributed by atoms with E-state index in [1.54, 1.807) is 0 Å². The summed E-state index contributed by atoms with van der Waals surface area (Å²) in [5, 5.41) is 0. The largest absolute Gasteiger partial charge is 0.467 e. The van der Waals surface area contributed by atoms with Gasteiger partial charge in [-0.15, -0.1) is 0 Å². The summed E-state index contributed by atoms with van der Waals surface area (Å²) >= 11 is 0. The van der Waals surface area contributed by atoms with Gasteiger partial charge in [0.1, 0.15) is 5.60 Å². The fraction of sp³-hybridized carbons (Fsp3) is 0.938. The summed E-state index contributed by atoms with van der Waals surface area (Å²) in [5.41, 5.74) is -0.567. The van der Waals surface area contributed by atoms with Gasteiger partial charge in [0.2, 0.25) is 0 Å². The van der Waals surface area contributed by atoms with Crippen molar-refractivity contribution in [2.45, 2.75) is 71.5 Å². The number of esters is 1. The first-order valence-corrected chi connectivity index (χ1v) is 7.48. The van der Waals surface area contributed by atoms with Crippen molar-refractivity contribution in [3.8, 4) is 0 Å². The molecule has 1 saturated heterocycles. The molecule has 1 aliphatic heterocycles. The van der Waals surface area contributed by atoms with Gasteiger partial charge < -0.3 is 9.47 Å². The Kier molecular flexibility index (Phi) is 3.49. The molecule has 0 aromatic heterocycles. The summed E-state index contributed by atoms with van der Waals surface area (Å²) in [6.45, 7) is 11.0. The third kappa shape index (κ3) is 2.10. The Hall–Kier alpha value is -0.570. The van der Waals surface area contributed by atoms with Crippen LogP contribution in [0.15, 0.2) is 0 Å². The van der Waals surface area contributed by atoms with Crippen LogP contribution in [0, 0.1) is 17.3 Å². The molecule has 1 heterocycles. The molecule has 2 rings (SSSR count). The lowest BCUT2D eigenvalue weighted by Crippen LogP contribution is -2.42. The van der Waals surface area contributed by atoms with Crippen molar-refractivity contribution in [3.05, 3.63) is 0 Å². The molecule has 0 radical (unpaired) electrons. The number of carbonyl (C=O) groups is 1. The van der Waals surface area contributed by atoms with Crippen molar-refractivity contribution in [2.75, 3.05) is 7.11 Å². The topological polar surface area (TPSA) is 38.8 Å². The number of rotatable bonds is 2. The summed E-state index contributed by atoms with van der Waals surface area (Å²) in [4.78, 5) is 12.1. The van der Waals surface area contributed by atoms with Crippen LogP contribution in [-0.4, -0.2) is 24.3 Å². The molecular formula is C16H28O3. The van der Waals surface area contributed by atoms with E-state index in [1.165, 1.54) is 7.11 Å². The van der Waals surface area contributed by atoms with Crippen LogP contribution < -0.4 is 0 Å². The number of carbonyl (C=O) groups excluding carboxylic acids is 1. The third-order valence-corrected chi connectivity index (χ3v) is 5.31. The minimum atomic E-state index is -0.676. The molecule has 0 aromatic carbocycles. The van der Waals surface area contributed by atoms with Crippen LogP contribution in [0.2, 0.25) is 0 Å². The van der Waals surface area contributed by atoms with Crippen molar-refractivity contribution < 1.29 is 14.3 Å². The second-order valence-electron chi connectivity index (χ2n) is 7.62. The Bertz CT molecular complexity index is 359. The number of hydrogen-bond donors (Lipinski definition) is 0. The lowest BCUT2D eigenvalue weighted by atomic mass is 9.66. The minimum Gasteiger partial charge on any atom is -0.467 e. The predicted molar refractivity (Wildman–Crippen MR) is 74.8 cm³/mol. The van der Waals surface area contributed by atoms with E-state index >= 15 is 0 Å². The molecule has 1 saturated carbocycles. The van der Waals surface area contributed by atoms with Crippen molar-refractivity contribution in [3.63, 3.8) is 0 Å². The molecule has 3 nitrogen and oxygen atoms in total. The molecular weight excluding hydrogens is 240 g/mol. The number of methoxy groups -OCH3 is 1. The minimum absolute atomic E-state index is 0.172. The fourth-order valence-electron chi connectivity index (χ4n) is 3.97. The summed E-state index contributed by atoms with van der Waals surface area (Å²) in [5.74, 6) is 0.715. The second-order valence-corrected chi connectivity index (χ2v) is 7.62. The molecule has 1 spiro atoms. The normalized spacial score (nSPS) is 38.6. The highest BCUT2D eigenvalue weighted by atomic mass is 16.7. The highest BCUT2D eigenvalue weighted by molar-refractivity contribution is 5.85. The van der Waals surface area contributed by atoms with E-state index in [4.69, 9.17) is 9.47 Å². The smallest absolute Gasteiger partial charge is 0.341 e. The summed E-state index contributed by atoms with van der Waals surface area (Å²) in [7, 11) is 1.46. The molecule has 110 valence electrons. The zero-order chi connectivity index (χ0) is 14.5. The van der Waals surface area contributed by atoms with Crippen LogP contribution in [0.25, 0.3) is 0 Å². The van der Waals surface area contributed by atoms with Crippen LogP contribution in [0.4, 0.5) is 0 Å². The molecule has 3 heteroatoms. The van der Waals surface area contributed by atoms with Crippen LogP contribution >= 0.6 is 0 Å². The monoisotopic (exact) mass is 268 g/mol. The van der Waals surface area contributed by atoms with Crippen molar-refractivity contribution >= 4 is 5.97 Å². The van der Waals surface area contributed by atoms with Gasteiger partial charge in [-0.2, -0.15) is 0 Å². The average Bonchev–Trinajstić information content (AvgIpc) is 2.97. The average molecular weight is 268 g/mol. The Morgan fingerprint density at radius 3 is 2.16 bits per heavy atom. The Labute approximate surface area is 117 Å². The predicted octanol–water partition coefficient (Wildman–Crippen LogP) is 3.56. The van der Waals surface area contributed by atoms with Gasteiger partial charge in [-0.05, 0) is 42.9 Å². The first kappa shape index (κ1) is 14.8. The fourth-order valence-corrected chi connectivity index (χ4v) is 3.97. The van der Waals surface area contributed by atoms with Gasteiger partial charge in [0.05, 0.1) is 7.11 Å². The SMILES string of the molecule is COC(=O)C1(C(C)C)OC12CCC(C(C)(C)C)CC2. The van der Waals surface area contributed by atoms with Gasteiger partial charge in [0.25, 0.3) is 0 Å². The van der Waals surface area contributed by atoms with Crippen molar-refractivity contribution in [1.82, 2.24) is 0 Å². The van der Waals surface area contributed by atoms with Gasteiger partial charge in [-0.1, -0.05) is 34.6 Å². The lowest BCUT2D eigenvalue weighted by Gasteiger charge is -2.37. The number of ether oxygens (including phenoxy) is 2. The van der Waals surface area contributed by atoms with E-state index in [2.05, 4.69) is 34.6 Å². The molecule has 0 aromatic rings. The first-order chi connectivity index (χ1) is 8.69. The Morgan fingerprint density at radius 2 is 1.79 bits per heavy atom. The zero-order valence-electron chi connectivity index (χ0n) is 13.2. The Morgan fingerprint density at radius 1 is 1.26 bits per heavy atom. The molecule has 0 amide bonds. The molecule has 2 aliphatic rings. The zero-order valence-corrected chi connectivity index (χ0v) is 13.2. The standard InChI is InChI=1S/C16H28O3/c1-11(2)16(13(17)18-6)15(19-16)9-7-12(8-10-15)14(3,4)5/h11-12H,7-10H2,1-6H3. The number of hydrogen-bond acceptors (Lipinski definition) is 3. The van der Waals surface area contributed by atoms with Gasteiger partial charge in [0, 0.05) is 0 Å². The summed E-state index contributed by atoms with van der Waals surface area (Å²) in [6, 6.07) is 0. The Balaban J connectivity index is 2.11. The van der Waals surface area contributed by atoms with E-state index in [0.717, 1.165) is 31.6 Å². The van der Waals surface area contributed by atoms with Crippen LogP contribution in [0.3, 0.4) is 0 Å². The van der Waals surface area contributed by atoms with Gasteiger partial charge in [0.15, 0.2) is 5.60 Å². The third-order valence-electron chi connectivity index (χ3n) is 5.31. The lowest BCUT2D eigenvalue weighted by molar-refractivity contribution is -0.148. The maximum Gasteiger partial charge on any atom is 0.341 e. The van der Waals surface area contributed by atoms with Gasteiger partial charge in [-0.3, -0.25) is 0 Å². The van der Waals surface area contributed by atoms with E-state index in [0.29, 0.717) is 5.41 Å². The second kappa shape index (κ2) is 4.47. The highest BCUT2D eigenvalue weighted by Gasteiger charge is 2.76. The maximum absolute atomic E-state index is 12.1. The maximum atomic E-state index is 12.1.